The van der Waals surface area contributed by atoms with E-state index in [1.165, 1.54) is 0 Å². The number of rotatable bonds is 2. The first kappa shape index (κ1) is 12.8. The van der Waals surface area contributed by atoms with Crippen molar-refractivity contribution in [3.05, 3.63) is 20.8 Å². The van der Waals surface area contributed by atoms with Crippen LogP contribution in [0.15, 0.2) is 9.59 Å². The molecule has 0 saturated carbocycles. The van der Waals surface area contributed by atoms with Gasteiger partial charge in [-0.25, -0.2) is 9.36 Å². The van der Waals surface area contributed by atoms with Crippen molar-refractivity contribution in [2.45, 2.75) is 24.9 Å². The second kappa shape index (κ2) is 4.44. The lowest BCUT2D eigenvalue weighted by Crippen LogP contribution is -2.25. The van der Waals surface area contributed by atoms with Crippen molar-refractivity contribution in [1.29, 1.82) is 0 Å². The quantitative estimate of drug-likeness (QED) is 0.386. The summed E-state index contributed by atoms with van der Waals surface area (Å²) in [6, 6.07) is 0. The molecule has 0 bridgehead atoms. The van der Waals surface area contributed by atoms with Gasteiger partial charge in [0.25, 0.3) is 5.56 Å². The summed E-state index contributed by atoms with van der Waals surface area (Å²) in [6.45, 7) is -0.370. The van der Waals surface area contributed by atoms with Gasteiger partial charge in [0.05, 0.1) is 12.7 Å². The standard InChI is InChI=1S/C10H13N5O5/c11-9-13-7-6(8(18)14-9)12-10(19)15(7)5-1-3(17)4(2-16)20-5/h3-5,16-17H,1-2H2,(H,12,19)(H3,11,13,14,18)/t3-,4+,5+/m0/s1/i9+1,11+1,13+1. The summed E-state index contributed by atoms with van der Waals surface area (Å²) in [5.74, 6) is -0.132. The Kier molecular flexibility index (Phi) is 2.85. The molecule has 1 aliphatic heterocycles. The zero-order valence-corrected chi connectivity index (χ0v) is 10.2. The number of aromatic amines is 2. The molecule has 1 fully saturated rings. The predicted molar refractivity (Wildman–Crippen MR) is 67.0 cm³/mol. The molecule has 6 N–H and O–H groups in total. The van der Waals surface area contributed by atoms with Crippen LogP contribution in [-0.4, -0.2) is 48.5 Å². The zero-order valence-electron chi connectivity index (χ0n) is 10.2. The molecule has 3 atom stereocenters. The number of nitrogen functional groups attached to an aromatic ring is 1. The van der Waals surface area contributed by atoms with Gasteiger partial charge < -0.3 is 20.7 Å². The summed E-state index contributed by atoms with van der Waals surface area (Å²) in [7, 11) is 0. The van der Waals surface area contributed by atoms with Crippen molar-refractivity contribution < 1.29 is 14.9 Å². The average Bonchev–Trinajstić information content (AvgIpc) is 2.89. The predicted octanol–water partition coefficient (Wildman–Crippen LogP) is -2.36. The Balaban J connectivity index is 2.15. The Morgan fingerprint density at radius 1 is 1.45 bits per heavy atom. The molecular weight excluding hydrogens is 273 g/mol. The van der Waals surface area contributed by atoms with Crippen LogP contribution in [0.3, 0.4) is 0 Å². The Morgan fingerprint density at radius 3 is 2.85 bits per heavy atom. The number of nitrogens with one attached hydrogen (secondary N) is 2. The van der Waals surface area contributed by atoms with E-state index in [-0.39, 0.29) is 30.1 Å². The fraction of sp³-hybridized carbons (Fsp3) is 0.500. The fourth-order valence-corrected chi connectivity index (χ4v) is 2.33. The number of nitrogens with two attached hydrogens (primary N) is 1. The van der Waals surface area contributed by atoms with Crippen LogP contribution < -0.4 is 17.0 Å². The molecule has 0 unspecified atom stereocenters. The minimum atomic E-state index is -0.902. The molecule has 3 rings (SSSR count). The molecule has 2 aromatic rings. The molecule has 2 aromatic heterocycles. The highest BCUT2D eigenvalue weighted by Crippen LogP contribution is 2.28. The van der Waals surface area contributed by atoms with Crippen LogP contribution in [0, 0.1) is 0 Å². The normalized spacial score (nSPS) is 26.4. The van der Waals surface area contributed by atoms with E-state index in [2.05, 4.69) is 15.0 Å². The summed E-state index contributed by atoms with van der Waals surface area (Å²) in [5.41, 5.74) is 4.32. The molecule has 10 heteroatoms. The number of ether oxygens (including phenoxy) is 1. The first-order valence-electron chi connectivity index (χ1n) is 5.95. The van der Waals surface area contributed by atoms with Crippen LogP contribution in [0.4, 0.5) is 5.95 Å². The number of anilines is 1. The van der Waals surface area contributed by atoms with Crippen molar-refractivity contribution in [2.75, 3.05) is 12.3 Å². The topological polar surface area (TPSA) is 159 Å². The van der Waals surface area contributed by atoms with Crippen LogP contribution in [-0.2, 0) is 4.74 Å². The van der Waals surface area contributed by atoms with Gasteiger partial charge >= 0.3 is 5.69 Å². The van der Waals surface area contributed by atoms with Gasteiger partial charge in [0.1, 0.15) is 12.3 Å². The molecule has 1 aliphatic rings. The van der Waals surface area contributed by atoms with Gasteiger partial charge in [-0.05, 0) is 0 Å². The van der Waals surface area contributed by atoms with Crippen molar-refractivity contribution >= 4 is 17.1 Å². The van der Waals surface area contributed by atoms with Gasteiger partial charge in [-0.15, -0.1) is 0 Å². The Labute approximate surface area is 110 Å². The monoisotopic (exact) mass is 286 g/mol. The number of hydrogen-bond acceptors (Lipinski definition) is 7. The molecular formula is C10H13N5O5. The van der Waals surface area contributed by atoms with E-state index in [1.54, 1.807) is 0 Å². The van der Waals surface area contributed by atoms with Gasteiger partial charge in [-0.1, -0.05) is 0 Å². The maximum Gasteiger partial charge on any atom is 0.329 e. The van der Waals surface area contributed by atoms with E-state index >= 15 is 0 Å². The molecule has 0 amide bonds. The van der Waals surface area contributed by atoms with Crippen LogP contribution in [0.2, 0.25) is 0 Å². The zero-order chi connectivity index (χ0) is 14.4. The molecule has 0 spiro atoms. The molecule has 20 heavy (non-hydrogen) atoms. The number of aromatic nitrogens is 4. The lowest BCUT2D eigenvalue weighted by molar-refractivity contribution is -0.0441. The third kappa shape index (κ3) is 1.81. The lowest BCUT2D eigenvalue weighted by atomic mass is 10.2. The van der Waals surface area contributed by atoms with Crippen LogP contribution in [0.1, 0.15) is 12.6 Å². The molecule has 108 valence electrons. The lowest BCUT2D eigenvalue weighted by Gasteiger charge is -2.12. The summed E-state index contributed by atoms with van der Waals surface area (Å²) >= 11 is 0. The van der Waals surface area contributed by atoms with E-state index in [9.17, 15) is 14.7 Å². The van der Waals surface area contributed by atoms with Gasteiger partial charge in [0.15, 0.2) is 11.2 Å². The Morgan fingerprint density at radius 2 is 2.20 bits per heavy atom. The first-order valence-corrected chi connectivity index (χ1v) is 5.95. The number of nitrogens with zero attached hydrogens (tertiary/aromatic N) is 2. The SMILES string of the molecule is [15NH2][13c]1[nH]c(=O)c2[nH]c(=O)n([C@H]3C[C@H](O)[C@@H](CO)O3)c2[15n]1. The second-order valence-corrected chi connectivity index (χ2v) is 4.56. The minimum Gasteiger partial charge on any atom is -0.394 e. The Hall–Kier alpha value is -2.17. The van der Waals surface area contributed by atoms with E-state index in [0.29, 0.717) is 0 Å². The highest BCUT2D eigenvalue weighted by molar-refractivity contribution is 5.70. The largest absolute Gasteiger partial charge is 0.394 e. The third-order valence-corrected chi connectivity index (χ3v) is 3.27. The van der Waals surface area contributed by atoms with Crippen molar-refractivity contribution in [2.24, 2.45) is 0 Å². The number of aliphatic hydroxyl groups is 2. The highest BCUT2D eigenvalue weighted by Gasteiger charge is 2.36. The third-order valence-electron chi connectivity index (χ3n) is 3.27. The van der Waals surface area contributed by atoms with Gasteiger partial charge in [0.2, 0.25) is 5.95 Å². The van der Waals surface area contributed by atoms with Crippen molar-refractivity contribution in [3.63, 3.8) is 0 Å². The smallest absolute Gasteiger partial charge is 0.329 e. The summed E-state index contributed by atoms with van der Waals surface area (Å²) in [6.07, 6.45) is -2.40. The summed E-state index contributed by atoms with van der Waals surface area (Å²) in [5, 5.41) is 18.8. The van der Waals surface area contributed by atoms with Crippen molar-refractivity contribution in [1.82, 2.24) is 19.5 Å². The van der Waals surface area contributed by atoms with E-state index in [1.807, 2.05) is 0 Å². The first-order chi connectivity index (χ1) is 9.51. The maximum atomic E-state index is 11.9. The van der Waals surface area contributed by atoms with Crippen LogP contribution in [0.25, 0.3) is 11.2 Å². The molecule has 0 aliphatic carbocycles. The summed E-state index contributed by atoms with van der Waals surface area (Å²) < 4.78 is 6.50. The molecule has 0 aromatic carbocycles. The summed E-state index contributed by atoms with van der Waals surface area (Å²) in [4.78, 5) is 32.2. The fourth-order valence-electron chi connectivity index (χ4n) is 2.33. The van der Waals surface area contributed by atoms with E-state index < -0.39 is 29.7 Å². The second-order valence-electron chi connectivity index (χ2n) is 4.56. The Bertz CT molecular complexity index is 761. The van der Waals surface area contributed by atoms with Crippen molar-refractivity contribution in [3.8, 4) is 0 Å². The number of fused-ring (bicyclic) bond motifs is 1. The van der Waals surface area contributed by atoms with Crippen LogP contribution in [0.5, 0.6) is 0 Å². The number of imidazole rings is 1. The number of aliphatic hydroxyl groups excluding tert-OH is 2. The molecule has 1 saturated heterocycles. The highest BCUT2D eigenvalue weighted by atomic mass is 16.5. The van der Waals surface area contributed by atoms with E-state index in [4.69, 9.17) is 15.6 Å². The molecule has 3 heterocycles. The maximum absolute atomic E-state index is 11.9. The minimum absolute atomic E-state index is 0.0188. The molecule has 10 nitrogen and oxygen atoms in total. The van der Waals surface area contributed by atoms with Gasteiger partial charge in [0, 0.05) is 6.42 Å². The molecule has 0 radical (unpaired) electrons. The van der Waals surface area contributed by atoms with Crippen LogP contribution >= 0.6 is 0 Å². The number of H-pyrrole nitrogens is 2. The van der Waals surface area contributed by atoms with E-state index in [0.717, 1.165) is 4.57 Å². The van der Waals surface area contributed by atoms with Gasteiger partial charge in [-0.3, -0.25) is 14.8 Å². The van der Waals surface area contributed by atoms with Gasteiger partial charge in [-0.2, -0.15) is 4.98 Å². The number of hydrogen-bond donors (Lipinski definition) is 5. The average molecular weight is 286 g/mol.